The van der Waals surface area contributed by atoms with Crippen LogP contribution in [0.2, 0.25) is 0 Å². The second-order valence-corrected chi connectivity index (χ2v) is 7.41. The molecule has 0 unspecified atom stereocenters. The smallest absolute Gasteiger partial charge is 0.0483 e. The molecule has 0 spiro atoms. The number of hydrogen-bond donors (Lipinski definition) is 0. The van der Waals surface area contributed by atoms with Crippen LogP contribution in [0.1, 0.15) is 38.3 Å². The van der Waals surface area contributed by atoms with E-state index in [0.29, 0.717) is 0 Å². The number of rotatable bonds is 5. The van der Waals surface area contributed by atoms with Crippen LogP contribution in [0.15, 0.2) is 108 Å². The zero-order valence-corrected chi connectivity index (χ0v) is 19.4. The van der Waals surface area contributed by atoms with Crippen LogP contribution in [0.5, 0.6) is 0 Å². The zero-order chi connectivity index (χ0) is 22.5. The molecule has 2 aromatic carbocycles. The van der Waals surface area contributed by atoms with E-state index in [0.717, 1.165) is 5.57 Å². The molecular weight excluding hydrogens is 376 g/mol. The van der Waals surface area contributed by atoms with Crippen molar-refractivity contribution in [1.29, 1.82) is 0 Å². The maximum absolute atomic E-state index is 4.08. The van der Waals surface area contributed by atoms with Crippen LogP contribution in [-0.2, 0) is 0 Å². The molecule has 160 valence electrons. The van der Waals surface area contributed by atoms with E-state index < -0.39 is 0 Å². The molecule has 2 heteroatoms. The average Bonchev–Trinajstić information content (AvgIpc) is 2.80. The fourth-order valence-electron chi connectivity index (χ4n) is 3.06. The summed E-state index contributed by atoms with van der Waals surface area (Å²) in [6, 6.07) is 18.8. The third-order valence-corrected chi connectivity index (χ3v) is 4.63. The summed E-state index contributed by atoms with van der Waals surface area (Å²) in [5.41, 5.74) is 7.20. The van der Waals surface area contributed by atoms with Crippen molar-refractivity contribution in [2.75, 3.05) is 19.0 Å². The highest BCUT2D eigenvalue weighted by Crippen LogP contribution is 2.31. The van der Waals surface area contributed by atoms with Gasteiger partial charge in [-0.15, -0.1) is 0 Å². The molecule has 0 fully saturated rings. The monoisotopic (exact) mass is 410 g/mol. The molecule has 0 aromatic heterocycles. The topological polar surface area (TPSA) is 15.6 Å². The largest absolute Gasteiger partial charge is 0.351 e. The summed E-state index contributed by atoms with van der Waals surface area (Å²) in [7, 11) is 3.86. The van der Waals surface area contributed by atoms with E-state index in [1.807, 2.05) is 18.4 Å². The molecule has 0 aliphatic carbocycles. The van der Waals surface area contributed by atoms with Gasteiger partial charge in [-0.05, 0) is 41.9 Å². The minimum absolute atomic E-state index is 1.14. The van der Waals surface area contributed by atoms with Gasteiger partial charge in [0.1, 0.15) is 0 Å². The van der Waals surface area contributed by atoms with Crippen LogP contribution < -0.4 is 4.90 Å². The van der Waals surface area contributed by atoms with Gasteiger partial charge in [-0.1, -0.05) is 98.7 Å². The molecule has 3 rings (SSSR count). The Hall–Kier alpha value is -3.39. The van der Waals surface area contributed by atoms with Crippen molar-refractivity contribution < 1.29 is 0 Å². The highest BCUT2D eigenvalue weighted by Gasteiger charge is 2.11. The Morgan fingerprint density at radius 1 is 0.935 bits per heavy atom. The Morgan fingerprint density at radius 3 is 2.32 bits per heavy atom. The van der Waals surface area contributed by atoms with Gasteiger partial charge in [0.05, 0.1) is 0 Å². The maximum Gasteiger partial charge on any atom is 0.0483 e. The molecule has 0 saturated heterocycles. The molecule has 2 aromatic rings. The lowest BCUT2D eigenvalue weighted by molar-refractivity contribution is 1.09. The fraction of sp³-hybridized carbons (Fsp3) is 0.207. The zero-order valence-electron chi connectivity index (χ0n) is 19.4. The molecule has 2 nitrogen and oxygen atoms in total. The average molecular weight is 411 g/mol. The maximum atomic E-state index is 4.08. The van der Waals surface area contributed by atoms with E-state index in [2.05, 4.69) is 123 Å². The second-order valence-electron chi connectivity index (χ2n) is 7.41. The number of hydrogen-bond acceptors (Lipinski definition) is 2. The van der Waals surface area contributed by atoms with Gasteiger partial charge in [-0.3, -0.25) is 4.99 Å². The number of allylic oxidation sites excluding steroid dienone is 9. The van der Waals surface area contributed by atoms with Crippen molar-refractivity contribution in [3.05, 3.63) is 114 Å². The summed E-state index contributed by atoms with van der Waals surface area (Å²) >= 11 is 0. The predicted octanol–water partition coefficient (Wildman–Crippen LogP) is 7.74. The number of benzene rings is 2. The lowest BCUT2D eigenvalue weighted by atomic mass is 9.99. The normalized spacial score (nSPS) is 15.4. The van der Waals surface area contributed by atoms with E-state index in [4.69, 9.17) is 0 Å². The summed E-state index contributed by atoms with van der Waals surface area (Å²) < 4.78 is 0. The quantitative estimate of drug-likeness (QED) is 0.363. The minimum atomic E-state index is 1.14. The summed E-state index contributed by atoms with van der Waals surface area (Å²) in [4.78, 5) is 6.23. The first-order valence-corrected chi connectivity index (χ1v) is 10.9. The first-order valence-electron chi connectivity index (χ1n) is 10.9. The van der Waals surface area contributed by atoms with Crippen LogP contribution in [-0.4, -0.2) is 20.3 Å². The van der Waals surface area contributed by atoms with Crippen molar-refractivity contribution in [3.63, 3.8) is 0 Å². The van der Waals surface area contributed by atoms with E-state index in [9.17, 15) is 0 Å². The van der Waals surface area contributed by atoms with Gasteiger partial charge in [0.2, 0.25) is 0 Å². The van der Waals surface area contributed by atoms with Crippen LogP contribution in [0.4, 0.5) is 5.69 Å². The third kappa shape index (κ3) is 7.42. The van der Waals surface area contributed by atoms with Crippen LogP contribution in [0, 0.1) is 0 Å². The Bertz CT molecular complexity index is 1000. The van der Waals surface area contributed by atoms with E-state index in [1.165, 1.54) is 34.4 Å². The lowest BCUT2D eigenvalue weighted by Gasteiger charge is -2.23. The molecule has 0 N–H and O–H groups in total. The van der Waals surface area contributed by atoms with Gasteiger partial charge >= 0.3 is 0 Å². The number of anilines is 1. The van der Waals surface area contributed by atoms with Gasteiger partial charge in [0, 0.05) is 37.8 Å². The predicted molar refractivity (Wildman–Crippen MR) is 140 cm³/mol. The highest BCUT2D eigenvalue weighted by molar-refractivity contribution is 5.89. The first kappa shape index (κ1) is 23.9. The summed E-state index contributed by atoms with van der Waals surface area (Å²) in [6.07, 6.45) is 18.0. The van der Waals surface area contributed by atoms with Crippen molar-refractivity contribution >= 4 is 23.0 Å². The Balaban J connectivity index is 0.00000107. The molecule has 0 bridgehead atoms. The summed E-state index contributed by atoms with van der Waals surface area (Å²) in [6.45, 7) is 6.37. The molecule has 31 heavy (non-hydrogen) atoms. The SMILES string of the molecule is CCC.CN=C/C=C(/C=C/C(C)=C/C=C1/C=CN(C)c2ccccc21)c1ccccc1. The Morgan fingerprint density at radius 2 is 1.61 bits per heavy atom. The number of aliphatic imine (C=N–C) groups is 1. The summed E-state index contributed by atoms with van der Waals surface area (Å²) in [5, 5.41) is 0. The number of para-hydroxylation sites is 1. The Kier molecular flexibility index (Phi) is 10.0. The fourth-order valence-corrected chi connectivity index (χ4v) is 3.06. The van der Waals surface area contributed by atoms with Crippen molar-refractivity contribution in [2.24, 2.45) is 4.99 Å². The van der Waals surface area contributed by atoms with Crippen LogP contribution >= 0.6 is 0 Å². The van der Waals surface area contributed by atoms with Crippen molar-refractivity contribution in [3.8, 4) is 0 Å². The van der Waals surface area contributed by atoms with Crippen LogP contribution in [0.3, 0.4) is 0 Å². The first-order chi connectivity index (χ1) is 15.1. The molecule has 0 radical (unpaired) electrons. The minimum Gasteiger partial charge on any atom is -0.351 e. The van der Waals surface area contributed by atoms with E-state index in [-0.39, 0.29) is 0 Å². The lowest BCUT2D eigenvalue weighted by Crippen LogP contribution is -2.13. The number of fused-ring (bicyclic) bond motifs is 1. The number of nitrogens with zero attached hydrogens (tertiary/aromatic N) is 2. The van der Waals surface area contributed by atoms with Crippen LogP contribution in [0.25, 0.3) is 11.1 Å². The van der Waals surface area contributed by atoms with Crippen molar-refractivity contribution in [1.82, 2.24) is 0 Å². The molecule has 0 amide bonds. The van der Waals surface area contributed by atoms with Gasteiger partial charge in [0.15, 0.2) is 0 Å². The molecule has 0 atom stereocenters. The second kappa shape index (κ2) is 13.0. The standard InChI is InChI=1S/C26H26N2.C3H8/c1-21(13-15-23(17-19-27-2)22-9-5-4-6-10-22)14-16-24-18-20-28(3)26-12-8-7-11-25(24)26;1-3-2/h4-20H,1-3H3;3H2,1-2H3/b15-13+,21-14+,23-17-,24-16-,27-19?;. The van der Waals surface area contributed by atoms with Gasteiger partial charge in [-0.25, -0.2) is 0 Å². The molecular formula is C29H34N2. The van der Waals surface area contributed by atoms with Gasteiger partial charge < -0.3 is 4.90 Å². The van der Waals surface area contributed by atoms with E-state index in [1.54, 1.807) is 7.05 Å². The highest BCUT2D eigenvalue weighted by atomic mass is 15.1. The molecule has 1 heterocycles. The third-order valence-electron chi connectivity index (χ3n) is 4.63. The van der Waals surface area contributed by atoms with Gasteiger partial charge in [-0.2, -0.15) is 0 Å². The van der Waals surface area contributed by atoms with Gasteiger partial charge in [0.25, 0.3) is 0 Å². The summed E-state index contributed by atoms with van der Waals surface area (Å²) in [5.74, 6) is 0. The molecule has 1 aliphatic rings. The van der Waals surface area contributed by atoms with Crippen molar-refractivity contribution in [2.45, 2.75) is 27.2 Å². The molecule has 0 saturated carbocycles. The Labute approximate surface area is 188 Å². The molecule has 1 aliphatic heterocycles. The van der Waals surface area contributed by atoms with E-state index >= 15 is 0 Å².